The van der Waals surface area contributed by atoms with Gasteiger partial charge < -0.3 is 16.2 Å². The van der Waals surface area contributed by atoms with Crippen molar-refractivity contribution in [1.82, 2.24) is 5.32 Å². The topological polar surface area (TPSA) is 58.3 Å². The van der Waals surface area contributed by atoms with Crippen LogP contribution in [-0.4, -0.2) is 24.3 Å². The molecule has 0 radical (unpaired) electrons. The van der Waals surface area contributed by atoms with Crippen LogP contribution in [0.2, 0.25) is 0 Å². The molecule has 2 rings (SSSR count). The Hall–Kier alpha value is -1.06. The maximum atomic E-state index is 9.09. The van der Waals surface area contributed by atoms with Crippen LogP contribution in [0.25, 0.3) is 0 Å². The van der Waals surface area contributed by atoms with E-state index in [9.17, 15) is 0 Å². The predicted molar refractivity (Wildman–Crippen MR) is 56.5 cm³/mol. The molecule has 1 heterocycles. The van der Waals surface area contributed by atoms with E-state index in [0.717, 1.165) is 12.0 Å². The number of allylic oxidation sites excluding steroid dienone is 1. The molecule has 0 aromatic heterocycles. The second-order valence-corrected chi connectivity index (χ2v) is 3.73. The van der Waals surface area contributed by atoms with Gasteiger partial charge in [0.15, 0.2) is 0 Å². The highest BCUT2D eigenvalue weighted by atomic mass is 16.3. The zero-order chi connectivity index (χ0) is 9.97. The van der Waals surface area contributed by atoms with Gasteiger partial charge in [-0.15, -0.1) is 0 Å². The highest BCUT2D eigenvalue weighted by Crippen LogP contribution is 2.28. The summed E-state index contributed by atoms with van der Waals surface area (Å²) in [5, 5.41) is 12.3. The average Bonchev–Trinajstić information content (AvgIpc) is 2.60. The summed E-state index contributed by atoms with van der Waals surface area (Å²) in [5.74, 6) is 0.335. The third kappa shape index (κ3) is 1.61. The molecule has 4 N–H and O–H groups in total. The van der Waals surface area contributed by atoms with Crippen LogP contribution in [0.4, 0.5) is 0 Å². The van der Waals surface area contributed by atoms with E-state index >= 15 is 0 Å². The quantitative estimate of drug-likeness (QED) is 0.602. The molecule has 0 saturated heterocycles. The van der Waals surface area contributed by atoms with Crippen molar-refractivity contribution in [3.8, 4) is 0 Å². The van der Waals surface area contributed by atoms with Crippen molar-refractivity contribution in [2.75, 3.05) is 13.2 Å². The molecule has 3 nitrogen and oxygen atoms in total. The number of aliphatic hydroxyl groups excluding tert-OH is 1. The number of aliphatic hydroxyl groups is 1. The molecule has 0 saturated carbocycles. The summed E-state index contributed by atoms with van der Waals surface area (Å²) in [6.45, 7) is 0.826. The lowest BCUT2D eigenvalue weighted by Gasteiger charge is -2.21. The van der Waals surface area contributed by atoms with Crippen molar-refractivity contribution in [2.45, 2.75) is 12.5 Å². The molecule has 14 heavy (non-hydrogen) atoms. The Bertz CT molecular complexity index is 304. The Balaban J connectivity index is 2.08. The van der Waals surface area contributed by atoms with Gasteiger partial charge in [0.05, 0.1) is 12.6 Å². The van der Waals surface area contributed by atoms with Crippen LogP contribution >= 0.6 is 0 Å². The zero-order valence-electron chi connectivity index (χ0n) is 8.11. The minimum Gasteiger partial charge on any atom is -0.392 e. The fourth-order valence-electron chi connectivity index (χ4n) is 2.03. The molecule has 2 aliphatic rings. The lowest BCUT2D eigenvalue weighted by molar-refractivity contribution is 0.320. The first-order valence-electron chi connectivity index (χ1n) is 5.00. The van der Waals surface area contributed by atoms with E-state index < -0.39 is 0 Å². The molecule has 0 bridgehead atoms. The summed E-state index contributed by atoms with van der Waals surface area (Å²) >= 11 is 0. The summed E-state index contributed by atoms with van der Waals surface area (Å²) in [6, 6.07) is 0.323. The van der Waals surface area contributed by atoms with E-state index in [1.807, 2.05) is 6.20 Å². The van der Waals surface area contributed by atoms with Crippen molar-refractivity contribution >= 4 is 0 Å². The molecule has 2 atom stereocenters. The SMILES string of the molecule is NCCC1=CC2NC=C(CO)C2C=C1. The summed E-state index contributed by atoms with van der Waals surface area (Å²) in [6.07, 6.45) is 9.32. The fourth-order valence-corrected chi connectivity index (χ4v) is 2.03. The summed E-state index contributed by atoms with van der Waals surface area (Å²) < 4.78 is 0. The molecule has 0 spiro atoms. The Kier molecular flexibility index (Phi) is 2.70. The smallest absolute Gasteiger partial charge is 0.0665 e. The Labute approximate surface area is 84.0 Å². The molecule has 0 aromatic rings. The van der Waals surface area contributed by atoms with Gasteiger partial charge in [0.1, 0.15) is 0 Å². The number of rotatable bonds is 3. The second kappa shape index (κ2) is 3.98. The molecule has 0 aromatic carbocycles. The van der Waals surface area contributed by atoms with E-state index in [1.54, 1.807) is 0 Å². The summed E-state index contributed by atoms with van der Waals surface area (Å²) in [4.78, 5) is 0. The molecule has 3 heteroatoms. The normalized spacial score (nSPS) is 29.3. The molecule has 0 fully saturated rings. The molecule has 2 unspecified atom stereocenters. The first kappa shape index (κ1) is 9.49. The third-order valence-electron chi connectivity index (χ3n) is 2.80. The summed E-state index contributed by atoms with van der Waals surface area (Å²) in [7, 11) is 0. The zero-order valence-corrected chi connectivity index (χ0v) is 8.11. The highest BCUT2D eigenvalue weighted by molar-refractivity contribution is 5.36. The van der Waals surface area contributed by atoms with Gasteiger partial charge in [-0.2, -0.15) is 0 Å². The van der Waals surface area contributed by atoms with Crippen LogP contribution in [0.15, 0.2) is 35.6 Å². The maximum absolute atomic E-state index is 9.09. The monoisotopic (exact) mass is 192 g/mol. The lowest BCUT2D eigenvalue weighted by atomic mass is 9.88. The minimum absolute atomic E-state index is 0.137. The molecule has 1 aliphatic carbocycles. The van der Waals surface area contributed by atoms with Crippen LogP contribution in [0.1, 0.15) is 6.42 Å². The van der Waals surface area contributed by atoms with Crippen LogP contribution in [0.3, 0.4) is 0 Å². The van der Waals surface area contributed by atoms with Crippen LogP contribution in [0.5, 0.6) is 0 Å². The molecule has 0 amide bonds. The van der Waals surface area contributed by atoms with E-state index in [1.165, 1.54) is 5.57 Å². The van der Waals surface area contributed by atoms with Crippen LogP contribution in [0, 0.1) is 5.92 Å². The fraction of sp³-hybridized carbons (Fsp3) is 0.455. The van der Waals surface area contributed by atoms with Crippen molar-refractivity contribution in [2.24, 2.45) is 11.7 Å². The maximum Gasteiger partial charge on any atom is 0.0665 e. The summed E-state index contributed by atoms with van der Waals surface area (Å²) in [5.41, 5.74) is 7.85. The van der Waals surface area contributed by atoms with E-state index in [4.69, 9.17) is 10.8 Å². The Morgan fingerprint density at radius 3 is 3.07 bits per heavy atom. The molecular weight excluding hydrogens is 176 g/mol. The van der Waals surface area contributed by atoms with Gasteiger partial charge in [0, 0.05) is 5.92 Å². The van der Waals surface area contributed by atoms with Crippen molar-refractivity contribution in [3.63, 3.8) is 0 Å². The van der Waals surface area contributed by atoms with E-state index in [-0.39, 0.29) is 6.61 Å². The second-order valence-electron chi connectivity index (χ2n) is 3.73. The molecule has 1 aliphatic heterocycles. The van der Waals surface area contributed by atoms with Gasteiger partial charge in [-0.05, 0) is 30.3 Å². The number of fused-ring (bicyclic) bond motifs is 1. The minimum atomic E-state index is 0.137. The Morgan fingerprint density at radius 2 is 2.36 bits per heavy atom. The van der Waals surface area contributed by atoms with Gasteiger partial charge in [0.25, 0.3) is 0 Å². The van der Waals surface area contributed by atoms with E-state index in [2.05, 4.69) is 23.5 Å². The average molecular weight is 192 g/mol. The first-order valence-corrected chi connectivity index (χ1v) is 5.00. The number of nitrogens with one attached hydrogen (secondary N) is 1. The van der Waals surface area contributed by atoms with Gasteiger partial charge in [-0.1, -0.05) is 18.2 Å². The number of hydrogen-bond donors (Lipinski definition) is 3. The van der Waals surface area contributed by atoms with E-state index in [0.29, 0.717) is 18.5 Å². The number of hydrogen-bond acceptors (Lipinski definition) is 3. The molecule has 76 valence electrons. The standard InChI is InChI=1S/C11H16N2O/c12-4-3-8-1-2-10-9(7-14)6-13-11(10)5-8/h1-2,5-6,10-11,13-14H,3-4,7,12H2. The van der Waals surface area contributed by atoms with Gasteiger partial charge in [-0.25, -0.2) is 0 Å². The third-order valence-corrected chi connectivity index (χ3v) is 2.80. The van der Waals surface area contributed by atoms with Crippen molar-refractivity contribution in [3.05, 3.63) is 35.6 Å². The van der Waals surface area contributed by atoms with Crippen molar-refractivity contribution < 1.29 is 5.11 Å². The first-order chi connectivity index (χ1) is 6.85. The molecular formula is C11H16N2O. The lowest BCUT2D eigenvalue weighted by Crippen LogP contribution is -2.27. The van der Waals surface area contributed by atoms with Gasteiger partial charge in [-0.3, -0.25) is 0 Å². The van der Waals surface area contributed by atoms with Gasteiger partial charge in [0.2, 0.25) is 0 Å². The van der Waals surface area contributed by atoms with Crippen LogP contribution in [-0.2, 0) is 0 Å². The highest BCUT2D eigenvalue weighted by Gasteiger charge is 2.27. The van der Waals surface area contributed by atoms with Crippen LogP contribution < -0.4 is 11.1 Å². The Morgan fingerprint density at radius 1 is 1.50 bits per heavy atom. The predicted octanol–water partition coefficient (Wildman–Crippen LogP) is 0.296. The van der Waals surface area contributed by atoms with Crippen molar-refractivity contribution in [1.29, 1.82) is 0 Å². The largest absolute Gasteiger partial charge is 0.392 e. The van der Waals surface area contributed by atoms with Gasteiger partial charge >= 0.3 is 0 Å². The number of nitrogens with two attached hydrogens (primary N) is 1.